The van der Waals surface area contributed by atoms with Crippen molar-refractivity contribution in [2.45, 2.75) is 26.8 Å². The molecule has 15 heavy (non-hydrogen) atoms. The van der Waals surface area contributed by atoms with Crippen molar-refractivity contribution in [1.29, 1.82) is 0 Å². The number of nitrogens with two attached hydrogens (primary N) is 1. The Morgan fingerprint density at radius 2 is 2.20 bits per heavy atom. The third-order valence-electron chi connectivity index (χ3n) is 2.13. The van der Waals surface area contributed by atoms with Crippen molar-refractivity contribution < 1.29 is 4.74 Å². The van der Waals surface area contributed by atoms with Gasteiger partial charge >= 0.3 is 0 Å². The van der Waals surface area contributed by atoms with E-state index in [1.165, 1.54) is 5.56 Å². The zero-order chi connectivity index (χ0) is 11.4. The molecule has 0 amide bonds. The summed E-state index contributed by atoms with van der Waals surface area (Å²) in [5, 5.41) is 0. The lowest BCUT2D eigenvalue weighted by molar-refractivity contribution is 0.346. The molecule has 0 unspecified atom stereocenters. The minimum Gasteiger partial charge on any atom is -0.489 e. The van der Waals surface area contributed by atoms with Crippen LogP contribution in [0.2, 0.25) is 0 Å². The predicted octanol–water partition coefficient (Wildman–Crippen LogP) is 2.97. The predicted molar refractivity (Wildman–Crippen MR) is 64.1 cm³/mol. The summed E-state index contributed by atoms with van der Waals surface area (Å²) in [5.74, 6) is 0.869. The number of rotatable bonds is 4. The average molecular weight is 205 g/mol. The molecule has 0 saturated heterocycles. The van der Waals surface area contributed by atoms with Gasteiger partial charge in [-0.1, -0.05) is 18.7 Å². The normalized spacial score (nSPS) is 12.3. The first kappa shape index (κ1) is 11.8. The van der Waals surface area contributed by atoms with Crippen molar-refractivity contribution in [3.63, 3.8) is 0 Å². The number of ether oxygens (including phenoxy) is 1. The van der Waals surface area contributed by atoms with E-state index >= 15 is 0 Å². The minimum atomic E-state index is -0.00859. The Morgan fingerprint density at radius 1 is 1.53 bits per heavy atom. The summed E-state index contributed by atoms with van der Waals surface area (Å²) in [4.78, 5) is 0. The van der Waals surface area contributed by atoms with Crippen LogP contribution in [0.5, 0.6) is 5.75 Å². The Kier molecular flexibility index (Phi) is 3.92. The fourth-order valence-corrected chi connectivity index (χ4v) is 1.34. The molecule has 0 aliphatic carbocycles. The molecule has 0 aliphatic heterocycles. The standard InChI is InChI=1S/C13H19NO/c1-9(2)8-15-13-7-10(3)5-6-12(13)11(4)14/h5-7,11H,1,8,14H2,2-4H3/t11-/m1/s1. The minimum absolute atomic E-state index is 0.00859. The molecular formula is C13H19NO. The van der Waals surface area contributed by atoms with E-state index < -0.39 is 0 Å². The van der Waals surface area contributed by atoms with Crippen LogP contribution in [-0.2, 0) is 0 Å². The molecule has 0 spiro atoms. The quantitative estimate of drug-likeness (QED) is 0.767. The van der Waals surface area contributed by atoms with E-state index in [0.29, 0.717) is 6.61 Å². The number of hydrogen-bond donors (Lipinski definition) is 1. The molecule has 1 rings (SSSR count). The maximum Gasteiger partial charge on any atom is 0.124 e. The van der Waals surface area contributed by atoms with Crippen LogP contribution >= 0.6 is 0 Å². The average Bonchev–Trinajstić information content (AvgIpc) is 2.14. The van der Waals surface area contributed by atoms with Crippen LogP contribution in [0.25, 0.3) is 0 Å². The molecule has 0 radical (unpaired) electrons. The second-order valence-corrected chi connectivity index (χ2v) is 4.08. The fourth-order valence-electron chi connectivity index (χ4n) is 1.34. The second kappa shape index (κ2) is 4.99. The van der Waals surface area contributed by atoms with E-state index in [4.69, 9.17) is 10.5 Å². The van der Waals surface area contributed by atoms with Gasteiger partial charge in [-0.15, -0.1) is 0 Å². The summed E-state index contributed by atoms with van der Waals surface area (Å²) in [6, 6.07) is 6.08. The van der Waals surface area contributed by atoms with E-state index in [-0.39, 0.29) is 6.04 Å². The number of aryl methyl sites for hydroxylation is 1. The Hall–Kier alpha value is -1.28. The van der Waals surface area contributed by atoms with Crippen LogP contribution in [0.4, 0.5) is 0 Å². The molecule has 2 N–H and O–H groups in total. The summed E-state index contributed by atoms with van der Waals surface area (Å²) >= 11 is 0. The summed E-state index contributed by atoms with van der Waals surface area (Å²) in [7, 11) is 0. The molecule has 0 saturated carbocycles. The first-order valence-electron chi connectivity index (χ1n) is 5.14. The van der Waals surface area contributed by atoms with Crippen molar-refractivity contribution >= 4 is 0 Å². The van der Waals surface area contributed by atoms with E-state index in [1.54, 1.807) is 0 Å². The zero-order valence-electron chi connectivity index (χ0n) is 9.71. The van der Waals surface area contributed by atoms with E-state index in [2.05, 4.69) is 6.58 Å². The van der Waals surface area contributed by atoms with Gasteiger partial charge in [0.15, 0.2) is 0 Å². The van der Waals surface area contributed by atoms with Gasteiger partial charge in [0.05, 0.1) is 0 Å². The molecule has 1 atom stereocenters. The van der Waals surface area contributed by atoms with E-state index in [9.17, 15) is 0 Å². The lowest BCUT2D eigenvalue weighted by Crippen LogP contribution is -2.09. The highest BCUT2D eigenvalue weighted by atomic mass is 16.5. The summed E-state index contributed by atoms with van der Waals surface area (Å²) < 4.78 is 5.66. The molecule has 82 valence electrons. The highest BCUT2D eigenvalue weighted by Crippen LogP contribution is 2.25. The number of hydrogen-bond acceptors (Lipinski definition) is 2. The van der Waals surface area contributed by atoms with Gasteiger partial charge in [0, 0.05) is 11.6 Å². The summed E-state index contributed by atoms with van der Waals surface area (Å²) in [5.41, 5.74) is 9.10. The first-order valence-corrected chi connectivity index (χ1v) is 5.14. The first-order chi connectivity index (χ1) is 7.00. The number of benzene rings is 1. The third-order valence-corrected chi connectivity index (χ3v) is 2.13. The zero-order valence-corrected chi connectivity index (χ0v) is 9.71. The van der Waals surface area contributed by atoms with Crippen LogP contribution in [0.15, 0.2) is 30.4 Å². The van der Waals surface area contributed by atoms with Crippen LogP contribution in [0, 0.1) is 6.92 Å². The van der Waals surface area contributed by atoms with Crippen LogP contribution in [-0.4, -0.2) is 6.61 Å². The Balaban J connectivity index is 2.91. The van der Waals surface area contributed by atoms with Crippen molar-refractivity contribution in [2.24, 2.45) is 5.73 Å². The molecule has 0 bridgehead atoms. The molecule has 2 heteroatoms. The van der Waals surface area contributed by atoms with E-state index in [1.807, 2.05) is 39.0 Å². The molecule has 0 heterocycles. The summed E-state index contributed by atoms with van der Waals surface area (Å²) in [6.45, 7) is 10.3. The van der Waals surface area contributed by atoms with Gasteiger partial charge in [-0.25, -0.2) is 0 Å². The molecule has 1 aromatic rings. The van der Waals surface area contributed by atoms with Gasteiger partial charge in [-0.3, -0.25) is 0 Å². The molecule has 0 aromatic heterocycles. The lowest BCUT2D eigenvalue weighted by atomic mass is 10.1. The van der Waals surface area contributed by atoms with Crippen LogP contribution in [0.1, 0.15) is 31.0 Å². The maximum absolute atomic E-state index is 5.87. The van der Waals surface area contributed by atoms with Gasteiger partial charge < -0.3 is 10.5 Å². The maximum atomic E-state index is 5.87. The smallest absolute Gasteiger partial charge is 0.124 e. The van der Waals surface area contributed by atoms with Gasteiger partial charge in [-0.05, 0) is 38.0 Å². The molecule has 0 fully saturated rings. The Morgan fingerprint density at radius 3 is 2.73 bits per heavy atom. The monoisotopic (exact) mass is 205 g/mol. The van der Waals surface area contributed by atoms with Gasteiger partial charge in [0.25, 0.3) is 0 Å². The second-order valence-electron chi connectivity index (χ2n) is 4.08. The van der Waals surface area contributed by atoms with Crippen molar-refractivity contribution in [3.8, 4) is 5.75 Å². The highest BCUT2D eigenvalue weighted by Gasteiger charge is 2.07. The van der Waals surface area contributed by atoms with Crippen LogP contribution in [0.3, 0.4) is 0 Å². The van der Waals surface area contributed by atoms with Gasteiger partial charge in [0.2, 0.25) is 0 Å². The molecule has 1 aromatic carbocycles. The topological polar surface area (TPSA) is 35.2 Å². The van der Waals surface area contributed by atoms with Gasteiger partial charge in [0.1, 0.15) is 12.4 Å². The third kappa shape index (κ3) is 3.40. The highest BCUT2D eigenvalue weighted by molar-refractivity contribution is 5.39. The largest absolute Gasteiger partial charge is 0.489 e. The molecular weight excluding hydrogens is 186 g/mol. The fraction of sp³-hybridized carbons (Fsp3) is 0.385. The van der Waals surface area contributed by atoms with Crippen molar-refractivity contribution in [1.82, 2.24) is 0 Å². The van der Waals surface area contributed by atoms with E-state index in [0.717, 1.165) is 16.9 Å². The van der Waals surface area contributed by atoms with Gasteiger partial charge in [-0.2, -0.15) is 0 Å². The molecule has 2 nitrogen and oxygen atoms in total. The Bertz CT molecular complexity index is 356. The Labute approximate surface area is 91.7 Å². The lowest BCUT2D eigenvalue weighted by Gasteiger charge is -2.14. The van der Waals surface area contributed by atoms with Crippen molar-refractivity contribution in [2.75, 3.05) is 6.61 Å². The SMILES string of the molecule is C=C(C)COc1cc(C)ccc1[C@@H](C)N. The molecule has 0 aliphatic rings. The van der Waals surface area contributed by atoms with Crippen LogP contribution < -0.4 is 10.5 Å². The summed E-state index contributed by atoms with van der Waals surface area (Å²) in [6.07, 6.45) is 0. The van der Waals surface area contributed by atoms with Crippen molar-refractivity contribution in [3.05, 3.63) is 41.5 Å².